The van der Waals surface area contributed by atoms with Crippen LogP contribution in [0.15, 0.2) is 54.7 Å². The maximum atomic E-state index is 5.93. The molecule has 0 aliphatic carbocycles. The minimum atomic E-state index is 0.343. The molecule has 0 saturated heterocycles. The zero-order valence-corrected chi connectivity index (χ0v) is 12.7. The highest BCUT2D eigenvalue weighted by Crippen LogP contribution is 2.42. The van der Waals surface area contributed by atoms with Crippen molar-refractivity contribution in [3.8, 4) is 22.5 Å². The van der Waals surface area contributed by atoms with Gasteiger partial charge in [-0.3, -0.25) is 0 Å². The molecule has 3 rings (SSSR count). The highest BCUT2D eigenvalue weighted by Gasteiger charge is 2.22. The summed E-state index contributed by atoms with van der Waals surface area (Å²) in [6.45, 7) is 0. The Balaban J connectivity index is 2.26. The first-order valence-corrected chi connectivity index (χ1v) is 7.00. The largest absolute Gasteiger partial charge is 0.457 e. The van der Waals surface area contributed by atoms with E-state index in [2.05, 4.69) is 37.0 Å². The van der Waals surface area contributed by atoms with Crippen molar-refractivity contribution in [2.75, 3.05) is 5.73 Å². The van der Waals surface area contributed by atoms with Crippen molar-refractivity contribution in [3.63, 3.8) is 0 Å². The van der Waals surface area contributed by atoms with Gasteiger partial charge in [-0.2, -0.15) is 0 Å². The predicted molar refractivity (Wildman–Crippen MR) is 79.5 cm³/mol. The summed E-state index contributed by atoms with van der Waals surface area (Å²) in [5, 5.41) is 3.85. The third kappa shape index (κ3) is 2.11. The zero-order valence-electron chi connectivity index (χ0n) is 9.56. The number of nitrogens with zero attached hydrogens (tertiary/aromatic N) is 1. The Labute approximate surface area is 125 Å². The number of benzene rings is 1. The van der Waals surface area contributed by atoms with Crippen molar-refractivity contribution in [1.82, 2.24) is 5.16 Å². The fourth-order valence-electron chi connectivity index (χ4n) is 1.87. The summed E-state index contributed by atoms with van der Waals surface area (Å²) < 4.78 is 12.1. The third-order valence-electron chi connectivity index (χ3n) is 2.72. The van der Waals surface area contributed by atoms with Crippen LogP contribution in [0.1, 0.15) is 0 Å². The summed E-state index contributed by atoms with van der Waals surface area (Å²) in [5.74, 6) is 0.917. The summed E-state index contributed by atoms with van der Waals surface area (Å²) in [7, 11) is 0. The lowest BCUT2D eigenvalue weighted by molar-refractivity contribution is 0.434. The Bertz CT molecular complexity index is 734. The normalized spacial score (nSPS) is 10.8. The average Bonchev–Trinajstić information content (AvgIpc) is 2.96. The van der Waals surface area contributed by atoms with Gasteiger partial charge in [0.2, 0.25) is 0 Å². The highest BCUT2D eigenvalue weighted by atomic mass is 79.9. The highest BCUT2D eigenvalue weighted by molar-refractivity contribution is 9.10. The van der Waals surface area contributed by atoms with Crippen LogP contribution in [0.4, 0.5) is 5.82 Å². The van der Waals surface area contributed by atoms with E-state index in [0.29, 0.717) is 16.2 Å². The number of aromatic nitrogens is 1. The number of halogens is 2. The van der Waals surface area contributed by atoms with Gasteiger partial charge in [0.15, 0.2) is 16.2 Å². The molecule has 0 radical (unpaired) electrons. The van der Waals surface area contributed by atoms with Crippen molar-refractivity contribution in [2.45, 2.75) is 0 Å². The summed E-state index contributed by atoms with van der Waals surface area (Å²) in [4.78, 5) is 0. The van der Waals surface area contributed by atoms with Crippen LogP contribution in [-0.2, 0) is 0 Å². The SMILES string of the molecule is Nc1noc(-c2ccoc2Br)c1-c1ccccc1Br. The molecule has 0 aliphatic heterocycles. The Morgan fingerprint density at radius 3 is 2.53 bits per heavy atom. The Kier molecular flexibility index (Phi) is 3.20. The summed E-state index contributed by atoms with van der Waals surface area (Å²) in [6, 6.07) is 9.55. The van der Waals surface area contributed by atoms with Crippen molar-refractivity contribution >= 4 is 37.7 Å². The Morgan fingerprint density at radius 1 is 1.05 bits per heavy atom. The smallest absolute Gasteiger partial charge is 0.181 e. The molecule has 0 bridgehead atoms. The summed E-state index contributed by atoms with van der Waals surface area (Å²) >= 11 is 6.84. The van der Waals surface area contributed by atoms with Crippen LogP contribution in [0.25, 0.3) is 22.5 Å². The van der Waals surface area contributed by atoms with E-state index >= 15 is 0 Å². The van der Waals surface area contributed by atoms with Crippen molar-refractivity contribution in [1.29, 1.82) is 0 Å². The molecule has 0 spiro atoms. The number of furan rings is 1. The van der Waals surface area contributed by atoms with Crippen molar-refractivity contribution < 1.29 is 8.94 Å². The first-order chi connectivity index (χ1) is 9.18. The molecule has 96 valence electrons. The fourth-order valence-corrected chi connectivity index (χ4v) is 2.77. The second-order valence-corrected chi connectivity index (χ2v) is 5.43. The maximum absolute atomic E-state index is 5.93. The maximum Gasteiger partial charge on any atom is 0.181 e. The number of rotatable bonds is 2. The van der Waals surface area contributed by atoms with E-state index in [0.717, 1.165) is 21.2 Å². The lowest BCUT2D eigenvalue weighted by atomic mass is 10.0. The lowest BCUT2D eigenvalue weighted by Crippen LogP contribution is -1.89. The van der Waals surface area contributed by atoms with Gasteiger partial charge in [0.1, 0.15) is 0 Å². The van der Waals surface area contributed by atoms with Gasteiger partial charge in [-0.25, -0.2) is 0 Å². The molecule has 3 aromatic rings. The average molecular weight is 384 g/mol. The van der Waals surface area contributed by atoms with E-state index in [1.807, 2.05) is 24.3 Å². The number of hydrogen-bond acceptors (Lipinski definition) is 4. The van der Waals surface area contributed by atoms with Crippen LogP contribution in [0.3, 0.4) is 0 Å². The number of nitrogen functional groups attached to an aromatic ring is 1. The zero-order chi connectivity index (χ0) is 13.4. The molecule has 6 heteroatoms. The number of hydrogen-bond donors (Lipinski definition) is 1. The minimum Gasteiger partial charge on any atom is -0.457 e. The van der Waals surface area contributed by atoms with Crippen LogP contribution in [0.5, 0.6) is 0 Å². The molecule has 1 aromatic carbocycles. The molecule has 0 amide bonds. The van der Waals surface area contributed by atoms with E-state index in [1.165, 1.54) is 0 Å². The standard InChI is InChI=1S/C13H8Br2N2O2/c14-9-4-2-1-3-7(9)10-11(19-17-13(10)16)8-5-6-18-12(8)15/h1-6H,(H2,16,17). The first kappa shape index (κ1) is 12.5. The van der Waals surface area contributed by atoms with Crippen LogP contribution in [0.2, 0.25) is 0 Å². The lowest BCUT2D eigenvalue weighted by Gasteiger charge is -2.04. The molecule has 19 heavy (non-hydrogen) atoms. The second kappa shape index (κ2) is 4.86. The van der Waals surface area contributed by atoms with E-state index < -0.39 is 0 Å². The van der Waals surface area contributed by atoms with Gasteiger partial charge in [0, 0.05) is 10.0 Å². The van der Waals surface area contributed by atoms with Gasteiger partial charge in [0.25, 0.3) is 0 Å². The van der Waals surface area contributed by atoms with Gasteiger partial charge >= 0.3 is 0 Å². The minimum absolute atomic E-state index is 0.343. The predicted octanol–water partition coefficient (Wildman–Crippen LogP) is 4.71. The molecule has 0 atom stereocenters. The molecule has 0 fully saturated rings. The molecular formula is C13H8Br2N2O2. The first-order valence-electron chi connectivity index (χ1n) is 5.42. The molecule has 4 nitrogen and oxygen atoms in total. The molecule has 2 N–H and O–H groups in total. The van der Waals surface area contributed by atoms with Gasteiger partial charge in [0.05, 0.1) is 17.4 Å². The summed E-state index contributed by atoms with van der Waals surface area (Å²) in [5.41, 5.74) is 8.37. The van der Waals surface area contributed by atoms with Gasteiger partial charge < -0.3 is 14.7 Å². The molecular weight excluding hydrogens is 376 g/mol. The molecule has 0 unspecified atom stereocenters. The molecule has 2 heterocycles. The molecule has 0 aliphatic rings. The van der Waals surface area contributed by atoms with E-state index in [-0.39, 0.29) is 0 Å². The van der Waals surface area contributed by atoms with Crippen LogP contribution in [0, 0.1) is 0 Å². The molecule has 2 aromatic heterocycles. The van der Waals surface area contributed by atoms with Crippen LogP contribution >= 0.6 is 31.9 Å². The van der Waals surface area contributed by atoms with Crippen molar-refractivity contribution in [3.05, 3.63) is 45.7 Å². The monoisotopic (exact) mass is 382 g/mol. The van der Waals surface area contributed by atoms with Gasteiger partial charge in [-0.05, 0) is 28.1 Å². The second-order valence-electron chi connectivity index (χ2n) is 3.86. The number of nitrogens with two attached hydrogens (primary N) is 1. The molecule has 0 saturated carbocycles. The third-order valence-corrected chi connectivity index (χ3v) is 4.03. The summed E-state index contributed by atoms with van der Waals surface area (Å²) in [6.07, 6.45) is 1.57. The van der Waals surface area contributed by atoms with E-state index in [1.54, 1.807) is 12.3 Å². The van der Waals surface area contributed by atoms with E-state index in [4.69, 9.17) is 14.7 Å². The van der Waals surface area contributed by atoms with Crippen molar-refractivity contribution in [2.24, 2.45) is 0 Å². The van der Waals surface area contributed by atoms with E-state index in [9.17, 15) is 0 Å². The van der Waals surface area contributed by atoms with Gasteiger partial charge in [-0.15, -0.1) is 0 Å². The van der Waals surface area contributed by atoms with Gasteiger partial charge in [-0.1, -0.05) is 39.3 Å². The fraction of sp³-hybridized carbons (Fsp3) is 0. The van der Waals surface area contributed by atoms with Crippen LogP contribution in [-0.4, -0.2) is 5.16 Å². The topological polar surface area (TPSA) is 65.2 Å². The Morgan fingerprint density at radius 2 is 1.84 bits per heavy atom. The Hall–Kier alpha value is -1.53. The number of anilines is 1. The van der Waals surface area contributed by atoms with Crippen LogP contribution < -0.4 is 5.73 Å². The quantitative estimate of drug-likeness (QED) is 0.695.